The molecule has 0 radical (unpaired) electrons. The molecule has 112 valence electrons. The maximum Gasteiger partial charge on any atom is 0.407 e. The molecule has 1 rings (SSSR count). The van der Waals surface area contributed by atoms with Gasteiger partial charge in [0, 0.05) is 0 Å². The van der Waals surface area contributed by atoms with E-state index in [0.29, 0.717) is 0 Å². The highest BCUT2D eigenvalue weighted by Crippen LogP contribution is 2.23. The van der Waals surface area contributed by atoms with E-state index in [2.05, 4.69) is 5.32 Å². The van der Waals surface area contributed by atoms with Gasteiger partial charge in [-0.3, -0.25) is 0 Å². The molecular formula is C14H19F2NO3. The number of halogens is 2. The molecule has 0 saturated carbocycles. The van der Waals surface area contributed by atoms with Gasteiger partial charge >= 0.3 is 6.09 Å². The highest BCUT2D eigenvalue weighted by molar-refractivity contribution is 5.68. The number of amides is 1. The van der Waals surface area contributed by atoms with E-state index in [1.54, 1.807) is 20.8 Å². The monoisotopic (exact) mass is 287 g/mol. The number of benzene rings is 1. The molecule has 2 N–H and O–H groups in total. The Labute approximate surface area is 116 Å². The van der Waals surface area contributed by atoms with E-state index in [9.17, 15) is 18.7 Å². The number of nitrogens with one attached hydrogen (secondary N) is 1. The third kappa shape index (κ3) is 4.45. The second-order valence-corrected chi connectivity index (χ2v) is 5.52. The minimum atomic E-state index is -1.51. The smallest absolute Gasteiger partial charge is 0.407 e. The Morgan fingerprint density at radius 3 is 2.25 bits per heavy atom. The first-order valence-corrected chi connectivity index (χ1v) is 6.23. The molecule has 1 amide bonds. The molecule has 0 saturated heterocycles. The quantitative estimate of drug-likeness (QED) is 0.898. The summed E-state index contributed by atoms with van der Waals surface area (Å²) in [6.07, 6.45) is -2.27. The van der Waals surface area contributed by atoms with Gasteiger partial charge in [-0.05, 0) is 39.8 Å². The first-order chi connectivity index (χ1) is 9.11. The summed E-state index contributed by atoms with van der Waals surface area (Å²) in [7, 11) is 0. The third-order valence-electron chi connectivity index (χ3n) is 2.51. The van der Waals surface area contributed by atoms with Crippen molar-refractivity contribution in [3.05, 3.63) is 35.4 Å². The van der Waals surface area contributed by atoms with E-state index in [-0.39, 0.29) is 0 Å². The molecule has 0 unspecified atom stereocenters. The minimum Gasteiger partial charge on any atom is -0.444 e. The average molecular weight is 287 g/mol. The molecule has 0 aliphatic heterocycles. The zero-order valence-corrected chi connectivity index (χ0v) is 11.9. The van der Waals surface area contributed by atoms with Gasteiger partial charge < -0.3 is 15.2 Å². The lowest BCUT2D eigenvalue weighted by Crippen LogP contribution is -2.41. The van der Waals surface area contributed by atoms with Gasteiger partial charge in [0.2, 0.25) is 0 Å². The van der Waals surface area contributed by atoms with E-state index < -0.39 is 41.0 Å². The predicted octanol–water partition coefficient (Wildman–Crippen LogP) is 2.91. The van der Waals surface area contributed by atoms with E-state index in [4.69, 9.17) is 4.74 Å². The van der Waals surface area contributed by atoms with Crippen LogP contribution in [0.4, 0.5) is 13.6 Å². The van der Waals surface area contributed by atoms with Crippen molar-refractivity contribution < 1.29 is 23.4 Å². The molecule has 6 heteroatoms. The first kappa shape index (κ1) is 16.4. The summed E-state index contributed by atoms with van der Waals surface area (Å²) in [5, 5.41) is 12.3. The highest BCUT2D eigenvalue weighted by Gasteiger charge is 2.26. The van der Waals surface area contributed by atoms with Crippen LogP contribution in [0.15, 0.2) is 18.2 Å². The van der Waals surface area contributed by atoms with Crippen LogP contribution in [0.5, 0.6) is 0 Å². The van der Waals surface area contributed by atoms with E-state index in [1.165, 1.54) is 13.0 Å². The fourth-order valence-electron chi connectivity index (χ4n) is 1.62. The van der Waals surface area contributed by atoms with E-state index >= 15 is 0 Å². The molecule has 0 fully saturated rings. The maximum atomic E-state index is 13.5. The van der Waals surface area contributed by atoms with Gasteiger partial charge in [0.15, 0.2) is 0 Å². The summed E-state index contributed by atoms with van der Waals surface area (Å²) >= 11 is 0. The molecule has 0 spiro atoms. The van der Waals surface area contributed by atoms with Gasteiger partial charge in [-0.25, -0.2) is 13.6 Å². The Balaban J connectivity index is 2.77. The maximum absolute atomic E-state index is 13.5. The van der Waals surface area contributed by atoms with Crippen LogP contribution in [0.1, 0.15) is 39.4 Å². The number of alkyl carbamates (subject to hydrolysis) is 1. The van der Waals surface area contributed by atoms with Gasteiger partial charge in [-0.1, -0.05) is 6.07 Å². The lowest BCUT2D eigenvalue weighted by molar-refractivity contribution is 0.0429. The lowest BCUT2D eigenvalue weighted by atomic mass is 10.0. The molecular weight excluding hydrogens is 268 g/mol. The lowest BCUT2D eigenvalue weighted by Gasteiger charge is -2.24. The molecule has 4 nitrogen and oxygen atoms in total. The summed E-state index contributed by atoms with van der Waals surface area (Å²) in [6, 6.07) is 2.38. The SMILES string of the molecule is C[C@H](NC(=O)OC(C)(C)C)[C@H](O)c1c(F)cccc1F. The van der Waals surface area contributed by atoms with Gasteiger partial charge in [-0.15, -0.1) is 0 Å². The van der Waals surface area contributed by atoms with Crippen LogP contribution >= 0.6 is 0 Å². The first-order valence-electron chi connectivity index (χ1n) is 6.23. The molecule has 2 atom stereocenters. The van der Waals surface area contributed by atoms with Crippen molar-refractivity contribution in [1.29, 1.82) is 0 Å². The molecule has 0 bridgehead atoms. The van der Waals surface area contributed by atoms with E-state index in [1.807, 2.05) is 0 Å². The van der Waals surface area contributed by atoms with Crippen molar-refractivity contribution in [3.63, 3.8) is 0 Å². The summed E-state index contributed by atoms with van der Waals surface area (Å²) in [4.78, 5) is 11.5. The van der Waals surface area contributed by atoms with Crippen molar-refractivity contribution in [1.82, 2.24) is 5.32 Å². The van der Waals surface area contributed by atoms with Crippen molar-refractivity contribution in [3.8, 4) is 0 Å². The van der Waals surface area contributed by atoms with Crippen molar-refractivity contribution in [2.75, 3.05) is 0 Å². The Morgan fingerprint density at radius 1 is 1.30 bits per heavy atom. The van der Waals surface area contributed by atoms with Crippen molar-refractivity contribution >= 4 is 6.09 Å². The summed E-state index contributed by atoms with van der Waals surface area (Å²) in [6.45, 7) is 6.49. The molecule has 0 aliphatic rings. The number of hydrogen-bond acceptors (Lipinski definition) is 3. The number of carbonyl (C=O) groups is 1. The number of hydrogen-bond donors (Lipinski definition) is 2. The standard InChI is InChI=1S/C14H19F2NO3/c1-8(17-13(19)20-14(2,3)4)12(18)11-9(15)6-5-7-10(11)16/h5-8,12,18H,1-4H3,(H,17,19)/t8-,12-/m0/s1. The zero-order valence-electron chi connectivity index (χ0n) is 11.9. The Bertz CT molecular complexity index is 466. The number of ether oxygens (including phenoxy) is 1. The van der Waals surface area contributed by atoms with Gasteiger partial charge in [-0.2, -0.15) is 0 Å². The summed E-state index contributed by atoms with van der Waals surface area (Å²) < 4.78 is 32.1. The number of rotatable bonds is 3. The molecule has 20 heavy (non-hydrogen) atoms. The largest absolute Gasteiger partial charge is 0.444 e. The number of aliphatic hydroxyl groups excluding tert-OH is 1. The Morgan fingerprint density at radius 2 is 1.80 bits per heavy atom. The van der Waals surface area contributed by atoms with E-state index in [0.717, 1.165) is 12.1 Å². The third-order valence-corrected chi connectivity index (χ3v) is 2.51. The molecule has 1 aromatic rings. The summed E-state index contributed by atoms with van der Waals surface area (Å²) in [5.74, 6) is -1.73. The van der Waals surface area contributed by atoms with Crippen LogP contribution < -0.4 is 5.32 Å². The number of carbonyl (C=O) groups excluding carboxylic acids is 1. The van der Waals surface area contributed by atoms with Crippen LogP contribution in [0, 0.1) is 11.6 Å². The minimum absolute atomic E-state index is 0.476. The number of aliphatic hydroxyl groups is 1. The normalized spacial score (nSPS) is 14.6. The fourth-order valence-corrected chi connectivity index (χ4v) is 1.62. The highest BCUT2D eigenvalue weighted by atomic mass is 19.1. The second-order valence-electron chi connectivity index (χ2n) is 5.52. The Hall–Kier alpha value is -1.69. The van der Waals surface area contributed by atoms with Crippen LogP contribution in [0.3, 0.4) is 0 Å². The molecule has 0 heterocycles. The molecule has 1 aromatic carbocycles. The topological polar surface area (TPSA) is 58.6 Å². The van der Waals surface area contributed by atoms with Crippen LogP contribution in [-0.4, -0.2) is 22.8 Å². The molecule has 0 aromatic heterocycles. The second kappa shape index (κ2) is 6.17. The predicted molar refractivity (Wildman–Crippen MR) is 70.1 cm³/mol. The van der Waals surface area contributed by atoms with Gasteiger partial charge in [0.05, 0.1) is 11.6 Å². The van der Waals surface area contributed by atoms with Crippen LogP contribution in [0.25, 0.3) is 0 Å². The summed E-state index contributed by atoms with van der Waals surface area (Å²) in [5.41, 5.74) is -1.17. The molecule has 0 aliphatic carbocycles. The average Bonchev–Trinajstić information content (AvgIpc) is 2.25. The fraction of sp³-hybridized carbons (Fsp3) is 0.500. The van der Waals surface area contributed by atoms with Crippen molar-refractivity contribution in [2.45, 2.75) is 45.4 Å². The van der Waals surface area contributed by atoms with Crippen LogP contribution in [-0.2, 0) is 4.74 Å². The van der Waals surface area contributed by atoms with Gasteiger partial charge in [0.1, 0.15) is 23.3 Å². The van der Waals surface area contributed by atoms with Crippen molar-refractivity contribution in [2.24, 2.45) is 0 Å². The van der Waals surface area contributed by atoms with Gasteiger partial charge in [0.25, 0.3) is 0 Å². The van der Waals surface area contributed by atoms with Crippen LogP contribution in [0.2, 0.25) is 0 Å². The Kier molecular flexibility index (Phi) is 5.05. The zero-order chi connectivity index (χ0) is 15.5.